The van der Waals surface area contributed by atoms with Crippen molar-refractivity contribution in [3.05, 3.63) is 0 Å². The molecule has 1 aliphatic rings. The molecule has 1 saturated heterocycles. The highest BCUT2D eigenvalue weighted by Crippen LogP contribution is 2.41. The number of carbonyl (C=O) groups excluding carboxylic acids is 1. The van der Waals surface area contributed by atoms with Gasteiger partial charge in [-0.05, 0) is 33.7 Å². The molecule has 0 bridgehead atoms. The zero-order valence-corrected chi connectivity index (χ0v) is 9.67. The molecule has 3 nitrogen and oxygen atoms in total. The molecule has 0 N–H and O–H groups in total. The lowest BCUT2D eigenvalue weighted by Crippen LogP contribution is -2.18. The van der Waals surface area contributed by atoms with Crippen LogP contribution in [-0.4, -0.2) is 35.6 Å². The highest BCUT2D eigenvalue weighted by Gasteiger charge is 2.60. The van der Waals surface area contributed by atoms with Crippen molar-refractivity contribution in [2.45, 2.75) is 52.1 Å². The summed E-state index contributed by atoms with van der Waals surface area (Å²) in [6.45, 7) is 9.70. The Morgan fingerprint density at radius 2 is 2.07 bits per heavy atom. The second-order valence-corrected chi connectivity index (χ2v) is 4.36. The van der Waals surface area contributed by atoms with E-state index in [1.807, 2.05) is 6.92 Å². The van der Waals surface area contributed by atoms with Gasteiger partial charge in [0.05, 0.1) is 6.61 Å². The summed E-state index contributed by atoms with van der Waals surface area (Å²) in [5, 5.41) is 0. The van der Waals surface area contributed by atoms with Crippen LogP contribution in [0, 0.1) is 0 Å². The fourth-order valence-corrected chi connectivity index (χ4v) is 1.95. The maximum Gasteiger partial charge on any atom is 0.325 e. The van der Waals surface area contributed by atoms with Crippen LogP contribution in [0.2, 0.25) is 0 Å². The van der Waals surface area contributed by atoms with Crippen LogP contribution in [0.3, 0.4) is 0 Å². The van der Waals surface area contributed by atoms with Gasteiger partial charge in [0.15, 0.2) is 0 Å². The molecule has 0 aromatic carbocycles. The molecule has 0 spiro atoms. The summed E-state index contributed by atoms with van der Waals surface area (Å²) in [7, 11) is 0. The first kappa shape index (κ1) is 11.5. The van der Waals surface area contributed by atoms with Crippen LogP contribution in [0.4, 0.5) is 0 Å². The van der Waals surface area contributed by atoms with Crippen LogP contribution in [0.1, 0.15) is 40.5 Å². The van der Waals surface area contributed by atoms with Gasteiger partial charge in [-0.2, -0.15) is 0 Å². The van der Waals surface area contributed by atoms with Crippen molar-refractivity contribution in [2.24, 2.45) is 0 Å². The number of carbonyl (C=O) groups is 1. The minimum atomic E-state index is -0.0615. The Hall–Kier alpha value is -0.570. The second kappa shape index (κ2) is 4.30. The minimum Gasteiger partial charge on any atom is -0.465 e. The summed E-state index contributed by atoms with van der Waals surface area (Å²) in [6.07, 6.45) is 2.32. The van der Waals surface area contributed by atoms with Gasteiger partial charge in [-0.3, -0.25) is 9.69 Å². The zero-order chi connectivity index (χ0) is 10.8. The van der Waals surface area contributed by atoms with Crippen molar-refractivity contribution in [3.63, 3.8) is 0 Å². The van der Waals surface area contributed by atoms with Crippen LogP contribution in [0.5, 0.6) is 0 Å². The first-order valence-electron chi connectivity index (χ1n) is 5.49. The minimum absolute atomic E-state index is 0.00556. The monoisotopic (exact) mass is 199 g/mol. The van der Waals surface area contributed by atoms with Gasteiger partial charge in [-0.1, -0.05) is 13.3 Å². The quantitative estimate of drug-likeness (QED) is 0.499. The first-order chi connectivity index (χ1) is 6.55. The third-order valence-corrected chi connectivity index (χ3v) is 2.92. The van der Waals surface area contributed by atoms with Crippen LogP contribution < -0.4 is 0 Å². The highest BCUT2D eigenvalue weighted by atomic mass is 16.5. The Morgan fingerprint density at radius 1 is 1.43 bits per heavy atom. The largest absolute Gasteiger partial charge is 0.465 e. The van der Waals surface area contributed by atoms with E-state index in [1.165, 1.54) is 6.42 Å². The Balaban J connectivity index is 2.44. The van der Waals surface area contributed by atoms with E-state index < -0.39 is 0 Å². The normalized spacial score (nSPS) is 28.6. The van der Waals surface area contributed by atoms with Gasteiger partial charge in [-0.25, -0.2) is 0 Å². The van der Waals surface area contributed by atoms with E-state index in [0.29, 0.717) is 6.61 Å². The van der Waals surface area contributed by atoms with Gasteiger partial charge in [0.2, 0.25) is 0 Å². The molecule has 2 atom stereocenters. The van der Waals surface area contributed by atoms with Gasteiger partial charge in [0.1, 0.15) is 6.04 Å². The van der Waals surface area contributed by atoms with E-state index in [9.17, 15) is 4.79 Å². The lowest BCUT2D eigenvalue weighted by atomic mass is 10.1. The summed E-state index contributed by atoms with van der Waals surface area (Å²) >= 11 is 0. The predicted molar refractivity (Wildman–Crippen MR) is 56.1 cm³/mol. The summed E-state index contributed by atoms with van der Waals surface area (Å²) < 4.78 is 5.03. The first-order valence-corrected chi connectivity index (χ1v) is 5.49. The number of unbranched alkanes of at least 4 members (excludes halogenated alkanes) is 1. The number of rotatable bonds is 5. The topological polar surface area (TPSA) is 29.3 Å². The number of esters is 1. The van der Waals surface area contributed by atoms with E-state index in [1.54, 1.807) is 0 Å². The van der Waals surface area contributed by atoms with Crippen molar-refractivity contribution in [1.29, 1.82) is 0 Å². The van der Waals surface area contributed by atoms with Crippen molar-refractivity contribution >= 4 is 5.97 Å². The molecule has 1 rings (SSSR count). The maximum absolute atomic E-state index is 11.5. The molecule has 82 valence electrons. The van der Waals surface area contributed by atoms with E-state index in [4.69, 9.17) is 4.74 Å². The summed E-state index contributed by atoms with van der Waals surface area (Å²) in [5.74, 6) is -0.0615. The summed E-state index contributed by atoms with van der Waals surface area (Å²) in [5.41, 5.74) is 0.0153. The Kier molecular flexibility index (Phi) is 3.53. The third-order valence-electron chi connectivity index (χ3n) is 2.92. The second-order valence-electron chi connectivity index (χ2n) is 4.36. The smallest absolute Gasteiger partial charge is 0.325 e. The van der Waals surface area contributed by atoms with Crippen molar-refractivity contribution in [2.75, 3.05) is 13.2 Å². The van der Waals surface area contributed by atoms with Crippen LogP contribution in [0.25, 0.3) is 0 Å². The Morgan fingerprint density at radius 3 is 2.57 bits per heavy atom. The highest BCUT2D eigenvalue weighted by molar-refractivity contribution is 5.81. The SMILES string of the molecule is CCCCN1C(C(=O)OCC)C1(C)C. The molecule has 14 heavy (non-hydrogen) atoms. The van der Waals surface area contributed by atoms with Crippen molar-refractivity contribution in [3.8, 4) is 0 Å². The van der Waals surface area contributed by atoms with Gasteiger partial charge >= 0.3 is 5.97 Å². The molecular formula is C11H21NO2. The van der Waals surface area contributed by atoms with E-state index >= 15 is 0 Å². The Bertz CT molecular complexity index is 213. The van der Waals surface area contributed by atoms with Crippen LogP contribution in [0.15, 0.2) is 0 Å². The van der Waals surface area contributed by atoms with Gasteiger partial charge in [-0.15, -0.1) is 0 Å². The van der Waals surface area contributed by atoms with Crippen LogP contribution in [-0.2, 0) is 9.53 Å². The standard InChI is InChI=1S/C11H21NO2/c1-5-7-8-12-9(11(12,3)4)10(13)14-6-2/h9H,5-8H2,1-4H3. The molecule has 3 heteroatoms. The number of hydrogen-bond acceptors (Lipinski definition) is 3. The van der Waals surface area contributed by atoms with E-state index in [-0.39, 0.29) is 17.6 Å². The number of hydrogen-bond donors (Lipinski definition) is 0. The molecular weight excluding hydrogens is 178 g/mol. The van der Waals surface area contributed by atoms with Gasteiger partial charge in [0, 0.05) is 5.54 Å². The average molecular weight is 199 g/mol. The molecule has 0 aliphatic carbocycles. The van der Waals surface area contributed by atoms with E-state index in [2.05, 4.69) is 25.7 Å². The molecule has 0 aromatic rings. The molecule has 0 radical (unpaired) electrons. The fourth-order valence-electron chi connectivity index (χ4n) is 1.95. The van der Waals surface area contributed by atoms with Gasteiger partial charge in [0.25, 0.3) is 0 Å². The molecule has 2 unspecified atom stereocenters. The number of ether oxygens (including phenoxy) is 1. The third kappa shape index (κ3) is 2.08. The van der Waals surface area contributed by atoms with Gasteiger partial charge < -0.3 is 4.74 Å². The maximum atomic E-state index is 11.5. The average Bonchev–Trinajstić information content (AvgIpc) is 2.65. The molecule has 0 aromatic heterocycles. The fraction of sp³-hybridized carbons (Fsp3) is 0.909. The lowest BCUT2D eigenvalue weighted by Gasteiger charge is -2.03. The van der Waals surface area contributed by atoms with E-state index in [0.717, 1.165) is 13.0 Å². The summed E-state index contributed by atoms with van der Waals surface area (Å²) in [6, 6.07) is -0.00556. The lowest BCUT2D eigenvalue weighted by molar-refractivity contribution is -0.143. The molecule has 1 aliphatic heterocycles. The Labute approximate surface area is 86.4 Å². The molecule has 1 fully saturated rings. The molecule has 1 heterocycles. The molecule has 0 amide bonds. The number of nitrogens with zero attached hydrogens (tertiary/aromatic N) is 1. The predicted octanol–water partition coefficient (Wildman–Crippen LogP) is 1.81. The van der Waals surface area contributed by atoms with Crippen molar-refractivity contribution < 1.29 is 9.53 Å². The molecule has 0 saturated carbocycles. The zero-order valence-electron chi connectivity index (χ0n) is 9.67. The van der Waals surface area contributed by atoms with Crippen LogP contribution >= 0.6 is 0 Å². The summed E-state index contributed by atoms with van der Waals surface area (Å²) in [4.78, 5) is 13.7. The van der Waals surface area contributed by atoms with Crippen molar-refractivity contribution in [1.82, 2.24) is 4.90 Å².